The number of ether oxygens (including phenoxy) is 2. The zero-order valence-electron chi connectivity index (χ0n) is 9.73. The zero-order chi connectivity index (χ0) is 13.1. The molecule has 0 aliphatic rings. The van der Waals surface area contributed by atoms with Gasteiger partial charge in [0, 0.05) is 0 Å². The molecule has 18 heavy (non-hydrogen) atoms. The van der Waals surface area contributed by atoms with Crippen LogP contribution in [0.25, 0.3) is 0 Å². The molecule has 0 amide bonds. The van der Waals surface area contributed by atoms with E-state index in [1.807, 2.05) is 0 Å². The third-order valence-electron chi connectivity index (χ3n) is 2.38. The average molecular weight is 312 g/mol. The fourth-order valence-electron chi connectivity index (χ4n) is 1.52. The van der Waals surface area contributed by atoms with Gasteiger partial charge in [0.05, 0.1) is 26.0 Å². The molecular weight excluding hydrogens is 302 g/mol. The topological polar surface area (TPSA) is 77.1 Å². The molecule has 1 aromatic heterocycles. The number of hydrogen-bond acceptors (Lipinski definition) is 5. The summed E-state index contributed by atoms with van der Waals surface area (Å²) in [6, 6.07) is 3.30. The first-order valence-electron chi connectivity index (χ1n) is 5.00. The molecule has 0 saturated carbocycles. The number of aromatic amines is 1. The van der Waals surface area contributed by atoms with Crippen molar-refractivity contribution >= 4 is 21.7 Å². The average Bonchev–Trinajstić information content (AvgIpc) is 2.91. The molecule has 0 radical (unpaired) electrons. The van der Waals surface area contributed by atoms with Gasteiger partial charge in [0.15, 0.2) is 5.69 Å². The van der Waals surface area contributed by atoms with Crippen LogP contribution in [0.15, 0.2) is 22.8 Å². The maximum atomic E-state index is 12.2. The van der Waals surface area contributed by atoms with Crippen LogP contribution in [0.5, 0.6) is 11.5 Å². The summed E-state index contributed by atoms with van der Waals surface area (Å²) < 4.78 is 11.0. The van der Waals surface area contributed by atoms with Crippen LogP contribution in [0.1, 0.15) is 16.1 Å². The summed E-state index contributed by atoms with van der Waals surface area (Å²) in [6.07, 6.45) is 1.36. The van der Waals surface area contributed by atoms with Crippen molar-refractivity contribution in [2.75, 3.05) is 14.2 Å². The summed E-state index contributed by atoms with van der Waals surface area (Å²) >= 11 is 3.34. The fourth-order valence-corrected chi connectivity index (χ4v) is 2.19. The van der Waals surface area contributed by atoms with Crippen molar-refractivity contribution in [1.29, 1.82) is 0 Å². The molecule has 94 valence electrons. The minimum atomic E-state index is -0.274. The number of H-pyrrole nitrogens is 1. The van der Waals surface area contributed by atoms with Crippen LogP contribution in [-0.2, 0) is 0 Å². The highest BCUT2D eigenvalue weighted by atomic mass is 79.9. The van der Waals surface area contributed by atoms with Gasteiger partial charge in [-0.1, -0.05) is 0 Å². The lowest BCUT2D eigenvalue weighted by atomic mass is 10.1. The summed E-state index contributed by atoms with van der Waals surface area (Å²) in [5, 5.41) is 9.76. The Morgan fingerprint density at radius 2 is 2.11 bits per heavy atom. The number of benzene rings is 1. The number of halogens is 1. The van der Waals surface area contributed by atoms with E-state index in [2.05, 4.69) is 31.3 Å². The van der Waals surface area contributed by atoms with Crippen LogP contribution in [0.4, 0.5) is 0 Å². The van der Waals surface area contributed by atoms with Crippen LogP contribution in [-0.4, -0.2) is 35.4 Å². The first-order valence-corrected chi connectivity index (χ1v) is 5.79. The summed E-state index contributed by atoms with van der Waals surface area (Å²) in [4.78, 5) is 12.2. The van der Waals surface area contributed by atoms with Crippen molar-refractivity contribution in [3.8, 4) is 11.5 Å². The van der Waals surface area contributed by atoms with Crippen LogP contribution < -0.4 is 9.47 Å². The first kappa shape index (κ1) is 12.6. The standard InChI is InChI=1S/C11H10BrN3O3/c1-17-8-4-3-6(11(18-2)9(8)12)10(16)7-5-13-15-14-7/h3-5H,1-2H3,(H,13,14,15). The molecule has 0 spiro atoms. The molecule has 0 saturated heterocycles. The first-order chi connectivity index (χ1) is 8.69. The van der Waals surface area contributed by atoms with Gasteiger partial charge >= 0.3 is 0 Å². The summed E-state index contributed by atoms with van der Waals surface area (Å²) in [6.45, 7) is 0. The van der Waals surface area contributed by atoms with Crippen molar-refractivity contribution in [2.24, 2.45) is 0 Å². The smallest absolute Gasteiger partial charge is 0.218 e. The van der Waals surface area contributed by atoms with Gasteiger partial charge in [0.2, 0.25) is 5.78 Å². The Bertz CT molecular complexity index is 569. The molecule has 2 aromatic rings. The molecule has 0 unspecified atom stereocenters. The predicted octanol–water partition coefficient (Wildman–Crippen LogP) is 1.82. The van der Waals surface area contributed by atoms with Crippen LogP contribution >= 0.6 is 15.9 Å². The molecular formula is C11H10BrN3O3. The molecule has 1 N–H and O–H groups in total. The second kappa shape index (κ2) is 5.18. The Hall–Kier alpha value is -1.89. The predicted molar refractivity (Wildman–Crippen MR) is 67.1 cm³/mol. The Labute approximate surface area is 111 Å². The van der Waals surface area contributed by atoms with Crippen molar-refractivity contribution in [1.82, 2.24) is 15.4 Å². The third kappa shape index (κ3) is 2.08. The third-order valence-corrected chi connectivity index (χ3v) is 3.13. The van der Waals surface area contributed by atoms with Crippen LogP contribution in [0, 0.1) is 0 Å². The number of nitrogens with zero attached hydrogens (tertiary/aromatic N) is 2. The second-order valence-corrected chi connectivity index (χ2v) is 4.14. The number of carbonyl (C=O) groups excluding carboxylic acids is 1. The fraction of sp³-hybridized carbons (Fsp3) is 0.182. The van der Waals surface area contributed by atoms with E-state index in [0.29, 0.717) is 21.5 Å². The van der Waals surface area contributed by atoms with Crippen molar-refractivity contribution in [3.63, 3.8) is 0 Å². The molecule has 0 aliphatic carbocycles. The molecule has 2 rings (SSSR count). The molecule has 0 atom stereocenters. The Balaban J connectivity index is 2.52. The molecule has 0 fully saturated rings. The number of nitrogens with one attached hydrogen (secondary N) is 1. The van der Waals surface area contributed by atoms with Gasteiger partial charge in [-0.25, -0.2) is 0 Å². The monoisotopic (exact) mass is 311 g/mol. The van der Waals surface area contributed by atoms with Crippen LogP contribution in [0.3, 0.4) is 0 Å². The van der Waals surface area contributed by atoms with E-state index in [1.165, 1.54) is 13.3 Å². The highest BCUT2D eigenvalue weighted by Gasteiger charge is 2.20. The van der Waals surface area contributed by atoms with Gasteiger partial charge in [-0.2, -0.15) is 15.4 Å². The molecule has 1 heterocycles. The second-order valence-electron chi connectivity index (χ2n) is 3.35. The van der Waals surface area contributed by atoms with E-state index < -0.39 is 0 Å². The summed E-state index contributed by atoms with van der Waals surface area (Å²) in [5.41, 5.74) is 0.615. The zero-order valence-corrected chi connectivity index (χ0v) is 11.3. The van der Waals surface area contributed by atoms with Gasteiger partial charge in [0.25, 0.3) is 0 Å². The van der Waals surface area contributed by atoms with E-state index in [4.69, 9.17) is 9.47 Å². The van der Waals surface area contributed by atoms with Gasteiger partial charge in [0.1, 0.15) is 16.0 Å². The van der Waals surface area contributed by atoms with E-state index in [-0.39, 0.29) is 11.5 Å². The number of methoxy groups -OCH3 is 2. The molecule has 0 bridgehead atoms. The van der Waals surface area contributed by atoms with Crippen molar-refractivity contribution in [3.05, 3.63) is 34.1 Å². The highest BCUT2D eigenvalue weighted by molar-refractivity contribution is 9.10. The minimum absolute atomic E-state index is 0.227. The number of carbonyl (C=O) groups is 1. The van der Waals surface area contributed by atoms with Crippen LogP contribution in [0.2, 0.25) is 0 Å². The minimum Gasteiger partial charge on any atom is -0.495 e. The molecule has 1 aromatic carbocycles. The Morgan fingerprint density at radius 1 is 1.33 bits per heavy atom. The molecule has 7 heteroatoms. The number of hydrogen-bond donors (Lipinski definition) is 1. The van der Waals surface area contributed by atoms with E-state index in [9.17, 15) is 4.79 Å². The molecule has 6 nitrogen and oxygen atoms in total. The number of ketones is 1. The van der Waals surface area contributed by atoms with Gasteiger partial charge in [-0.05, 0) is 28.1 Å². The quantitative estimate of drug-likeness (QED) is 0.871. The normalized spacial score (nSPS) is 10.2. The van der Waals surface area contributed by atoms with Crippen molar-refractivity contribution < 1.29 is 14.3 Å². The maximum absolute atomic E-state index is 12.2. The lowest BCUT2D eigenvalue weighted by Crippen LogP contribution is -2.05. The number of aromatic nitrogens is 3. The Kier molecular flexibility index (Phi) is 3.61. The van der Waals surface area contributed by atoms with Crippen molar-refractivity contribution in [2.45, 2.75) is 0 Å². The van der Waals surface area contributed by atoms with E-state index >= 15 is 0 Å². The highest BCUT2D eigenvalue weighted by Crippen LogP contribution is 2.37. The lowest BCUT2D eigenvalue weighted by molar-refractivity contribution is 0.103. The SMILES string of the molecule is COc1ccc(C(=O)c2cn[nH]n2)c(OC)c1Br. The van der Waals surface area contributed by atoms with Gasteiger partial charge < -0.3 is 9.47 Å². The lowest BCUT2D eigenvalue weighted by Gasteiger charge is -2.11. The van der Waals surface area contributed by atoms with E-state index in [1.54, 1.807) is 19.2 Å². The summed E-state index contributed by atoms with van der Waals surface area (Å²) in [7, 11) is 3.03. The molecule has 0 aliphatic heterocycles. The maximum Gasteiger partial charge on any atom is 0.218 e. The number of rotatable bonds is 4. The Morgan fingerprint density at radius 3 is 2.67 bits per heavy atom. The summed E-state index contributed by atoms with van der Waals surface area (Å²) in [5.74, 6) is 0.717. The van der Waals surface area contributed by atoms with Gasteiger partial charge in [-0.15, -0.1) is 0 Å². The van der Waals surface area contributed by atoms with Gasteiger partial charge in [-0.3, -0.25) is 4.79 Å². The van der Waals surface area contributed by atoms with E-state index in [0.717, 1.165) is 0 Å². The largest absolute Gasteiger partial charge is 0.495 e.